The second kappa shape index (κ2) is 10.4. The van der Waals surface area contributed by atoms with E-state index in [4.69, 9.17) is 0 Å². The number of benzene rings is 1. The number of carbonyl (C=O) groups excluding carboxylic acids is 1. The Morgan fingerprint density at radius 1 is 0.854 bits per heavy atom. The van der Waals surface area contributed by atoms with Crippen LogP contribution in [-0.4, -0.2) is 27.4 Å². The van der Waals surface area contributed by atoms with E-state index >= 15 is 0 Å². The first kappa shape index (κ1) is 29.8. The van der Waals surface area contributed by atoms with Gasteiger partial charge in [-0.1, -0.05) is 6.07 Å². The Hall–Kier alpha value is -4.13. The first-order valence-corrected chi connectivity index (χ1v) is 11.8. The molecule has 3 heterocycles. The molecule has 2 aromatic heterocycles. The van der Waals surface area contributed by atoms with E-state index in [1.54, 1.807) is 0 Å². The van der Waals surface area contributed by atoms with Gasteiger partial charge in [0.1, 0.15) is 23.0 Å². The van der Waals surface area contributed by atoms with Crippen LogP contribution in [0.4, 0.5) is 48.3 Å². The number of rotatable bonds is 4. The third-order valence-corrected chi connectivity index (χ3v) is 7.00. The van der Waals surface area contributed by atoms with Crippen LogP contribution in [0.5, 0.6) is 0 Å². The normalized spacial score (nSPS) is 16.6. The highest BCUT2D eigenvalue weighted by Gasteiger charge is 2.48. The van der Waals surface area contributed by atoms with Gasteiger partial charge in [0.05, 0.1) is 16.4 Å². The zero-order valence-electron chi connectivity index (χ0n) is 19.7. The van der Waals surface area contributed by atoms with E-state index in [9.17, 15) is 58.4 Å². The number of nitrogens with zero attached hydrogens (tertiary/aromatic N) is 3. The molecule has 0 N–H and O–H groups in total. The fourth-order valence-corrected chi connectivity index (χ4v) is 4.98. The van der Waals surface area contributed by atoms with E-state index in [1.807, 2.05) is 0 Å². The minimum absolute atomic E-state index is 0.256. The number of allylic oxidation sites excluding steroid dienone is 1. The average Bonchev–Trinajstić information content (AvgIpc) is 3.34. The second-order valence-corrected chi connectivity index (χ2v) is 9.62. The minimum Gasteiger partial charge on any atom is -0.245 e. The van der Waals surface area contributed by atoms with Gasteiger partial charge in [-0.2, -0.15) is 39.5 Å². The van der Waals surface area contributed by atoms with Gasteiger partial charge >= 0.3 is 30.6 Å². The molecule has 3 aromatic rings. The Bertz CT molecular complexity index is 1610. The molecule has 1 atom stereocenters. The van der Waals surface area contributed by atoms with Crippen LogP contribution in [0.3, 0.4) is 0 Å². The molecule has 4 nitrogen and oxygen atoms in total. The van der Waals surface area contributed by atoms with E-state index in [0.29, 0.717) is 35.6 Å². The van der Waals surface area contributed by atoms with Crippen LogP contribution >= 0.6 is 11.3 Å². The molecular weight excluding hydrogens is 599 g/mol. The third kappa shape index (κ3) is 6.14. The summed E-state index contributed by atoms with van der Waals surface area (Å²) < 4.78 is 149. The maximum Gasteiger partial charge on any atom is 0.467 e. The number of hydrogen-bond acceptors (Lipinski definition) is 4. The smallest absolute Gasteiger partial charge is 0.245 e. The van der Waals surface area contributed by atoms with Gasteiger partial charge in [-0.15, -0.1) is 15.9 Å². The summed E-state index contributed by atoms with van der Waals surface area (Å²) >= 11 is 0.416. The maximum atomic E-state index is 14.2. The number of alkyl halides is 9. The zero-order valence-corrected chi connectivity index (χ0v) is 20.5. The number of nitriles is 1. The van der Waals surface area contributed by atoms with E-state index in [2.05, 4.69) is 4.98 Å². The van der Waals surface area contributed by atoms with Crippen molar-refractivity contribution in [2.45, 2.75) is 24.9 Å². The molecule has 214 valence electrons. The van der Waals surface area contributed by atoms with Crippen LogP contribution in [0.2, 0.25) is 0 Å². The topological polar surface area (TPSA) is 56.8 Å². The molecule has 1 amide bonds. The predicted molar refractivity (Wildman–Crippen MR) is 120 cm³/mol. The van der Waals surface area contributed by atoms with Crippen molar-refractivity contribution in [1.29, 1.82) is 5.26 Å². The monoisotopic (exact) mass is 610 g/mol. The highest BCUT2D eigenvalue weighted by molar-refractivity contribution is 7.17. The molecule has 0 saturated carbocycles. The number of carbonyl (C=O) groups is 1. The Labute approximate surface area is 226 Å². The van der Waals surface area contributed by atoms with Crippen LogP contribution in [-0.2, 0) is 23.6 Å². The highest BCUT2D eigenvalue weighted by Crippen LogP contribution is 2.40. The van der Waals surface area contributed by atoms with Crippen LogP contribution in [0.25, 0.3) is 10.4 Å². The van der Waals surface area contributed by atoms with E-state index < -0.39 is 82.2 Å². The average molecular weight is 610 g/mol. The van der Waals surface area contributed by atoms with Gasteiger partial charge in [0.15, 0.2) is 11.0 Å². The number of aromatic nitrogens is 1. The molecular formula is C25H11F11N3OS+. The quantitative estimate of drug-likeness (QED) is 0.177. The SMILES string of the molecule is N#C[N+]1=C(c2ccc(-c3cc(C(F)(F)F)nc(C(F)(F)F)c3)s2)C=C(C(F)(F)F)C(Cc2ccc(F)cc2F)C1=O. The van der Waals surface area contributed by atoms with Crippen LogP contribution in [0.1, 0.15) is 21.8 Å². The lowest BCUT2D eigenvalue weighted by Gasteiger charge is -2.23. The van der Waals surface area contributed by atoms with Gasteiger partial charge in [0.25, 0.3) is 0 Å². The lowest BCUT2D eigenvalue weighted by Crippen LogP contribution is -2.40. The summed E-state index contributed by atoms with van der Waals surface area (Å²) in [6.07, 6.45) is -14.8. The number of hydrogen-bond donors (Lipinski definition) is 0. The molecule has 16 heteroatoms. The van der Waals surface area contributed by atoms with Crippen molar-refractivity contribution < 1.29 is 57.7 Å². The fraction of sp³-hybridized carbons (Fsp3) is 0.200. The summed E-state index contributed by atoms with van der Waals surface area (Å²) in [4.78, 5) is 15.1. The molecule has 0 radical (unpaired) electrons. The molecule has 1 aromatic carbocycles. The van der Waals surface area contributed by atoms with Gasteiger partial charge in [0, 0.05) is 10.9 Å². The first-order chi connectivity index (χ1) is 18.9. The van der Waals surface area contributed by atoms with E-state index in [0.717, 1.165) is 24.3 Å². The zero-order chi connectivity index (χ0) is 30.5. The van der Waals surface area contributed by atoms with Crippen molar-refractivity contribution in [3.63, 3.8) is 0 Å². The van der Waals surface area contributed by atoms with Crippen molar-refractivity contribution in [1.82, 2.24) is 4.98 Å². The molecule has 1 aliphatic rings. The Balaban J connectivity index is 1.82. The second-order valence-electron chi connectivity index (χ2n) is 8.53. The Morgan fingerprint density at radius 2 is 1.44 bits per heavy atom. The Morgan fingerprint density at radius 3 is 1.95 bits per heavy atom. The van der Waals surface area contributed by atoms with Crippen molar-refractivity contribution in [3.8, 4) is 16.6 Å². The predicted octanol–water partition coefficient (Wildman–Crippen LogP) is 7.30. The van der Waals surface area contributed by atoms with E-state index in [1.165, 1.54) is 6.19 Å². The van der Waals surface area contributed by atoms with Crippen molar-refractivity contribution >= 4 is 23.0 Å². The van der Waals surface area contributed by atoms with Gasteiger partial charge in [-0.3, -0.25) is 0 Å². The van der Waals surface area contributed by atoms with Crippen molar-refractivity contribution in [2.24, 2.45) is 5.92 Å². The molecule has 1 unspecified atom stereocenters. The van der Waals surface area contributed by atoms with Crippen molar-refractivity contribution in [2.75, 3.05) is 0 Å². The van der Waals surface area contributed by atoms with Gasteiger partial charge in [0.2, 0.25) is 0 Å². The third-order valence-electron chi connectivity index (χ3n) is 5.84. The molecule has 0 bridgehead atoms. The number of amides is 1. The molecule has 0 saturated heterocycles. The van der Waals surface area contributed by atoms with Crippen molar-refractivity contribution in [3.05, 3.63) is 87.6 Å². The minimum atomic E-state index is -5.26. The number of pyridine rings is 1. The Kier molecular flexibility index (Phi) is 7.54. The van der Waals surface area contributed by atoms with Crippen LogP contribution < -0.4 is 0 Å². The van der Waals surface area contributed by atoms with Gasteiger partial charge in [-0.25, -0.2) is 18.6 Å². The molecule has 4 rings (SSSR count). The van der Waals surface area contributed by atoms with E-state index in [-0.39, 0.29) is 14.3 Å². The van der Waals surface area contributed by atoms with Gasteiger partial charge < -0.3 is 0 Å². The fourth-order valence-electron chi connectivity index (χ4n) is 3.98. The highest BCUT2D eigenvalue weighted by atomic mass is 32.1. The standard InChI is InChI=1S/C25H11F11N3OS/c26-13-2-1-11(16(27)8-13)5-14-15(23(28,29)30)9-17(39(10-37)22(14)40)19-4-3-18(41-19)12-6-20(24(31,32)33)38-21(7-12)25(34,35)36/h1-4,6-9,14H,5H2/q+1. The van der Waals surface area contributed by atoms with Crippen LogP contribution in [0, 0.1) is 29.0 Å². The van der Waals surface area contributed by atoms with Crippen LogP contribution in [0.15, 0.2) is 54.1 Å². The molecule has 0 aliphatic carbocycles. The summed E-state index contributed by atoms with van der Waals surface area (Å²) in [6, 6.07) is 4.65. The molecule has 1 aliphatic heterocycles. The first-order valence-electron chi connectivity index (χ1n) is 11.0. The lowest BCUT2D eigenvalue weighted by atomic mass is 9.87. The lowest BCUT2D eigenvalue weighted by molar-refractivity contribution is -0.371. The molecule has 41 heavy (non-hydrogen) atoms. The molecule has 0 fully saturated rings. The number of halogens is 11. The summed E-state index contributed by atoms with van der Waals surface area (Å²) in [7, 11) is 0. The summed E-state index contributed by atoms with van der Waals surface area (Å²) in [5.74, 6) is -5.80. The van der Waals surface area contributed by atoms with Gasteiger partial charge in [-0.05, 0) is 54.0 Å². The summed E-state index contributed by atoms with van der Waals surface area (Å²) in [5, 5.41) is 9.58. The maximum absolute atomic E-state index is 14.2. The molecule has 0 spiro atoms. The summed E-state index contributed by atoms with van der Waals surface area (Å²) in [6.45, 7) is 0. The number of thiophene rings is 1. The largest absolute Gasteiger partial charge is 0.467 e. The summed E-state index contributed by atoms with van der Waals surface area (Å²) in [5.41, 5.74) is -6.95.